The number of ether oxygens (including phenoxy) is 3. The summed E-state index contributed by atoms with van der Waals surface area (Å²) in [5.74, 6) is 2.83. The molecule has 0 spiro atoms. The van der Waals surface area contributed by atoms with Crippen LogP contribution in [0.2, 0.25) is 0 Å². The van der Waals surface area contributed by atoms with Crippen LogP contribution in [0.15, 0.2) is 34.6 Å². The fourth-order valence-electron chi connectivity index (χ4n) is 3.77. The number of carbonyl (C=O) groups excluding carboxylic acids is 1. The minimum atomic E-state index is -0.537. The van der Waals surface area contributed by atoms with E-state index >= 15 is 0 Å². The Morgan fingerprint density at radius 1 is 1.26 bits per heavy atom. The maximum atomic E-state index is 12.3. The van der Waals surface area contributed by atoms with Crippen LogP contribution in [0.3, 0.4) is 0 Å². The number of carbonyl (C=O) groups is 1. The van der Waals surface area contributed by atoms with Gasteiger partial charge in [0.2, 0.25) is 0 Å². The van der Waals surface area contributed by atoms with E-state index in [0.29, 0.717) is 52.9 Å². The third kappa shape index (κ3) is 6.27. The molecule has 188 valence electrons. The SMILES string of the molecule is COc1ccc(OC)c(Sc2nc3c(N)ncn(CCC(NC(=O)OC(C)(C)C)C4CC4)c-3n2)c1. The third-order valence-electron chi connectivity index (χ3n) is 5.62. The monoisotopic (exact) mass is 500 g/mol. The number of anilines is 1. The number of fused-ring (bicyclic) bond motifs is 1. The second-order valence-corrected chi connectivity index (χ2v) is 10.5. The first-order valence-corrected chi connectivity index (χ1v) is 12.4. The lowest BCUT2D eigenvalue weighted by Crippen LogP contribution is -2.40. The van der Waals surface area contributed by atoms with Crippen molar-refractivity contribution in [3.05, 3.63) is 24.5 Å². The van der Waals surface area contributed by atoms with Crippen molar-refractivity contribution in [3.63, 3.8) is 0 Å². The van der Waals surface area contributed by atoms with Gasteiger partial charge in [-0.05, 0) is 75.9 Å². The summed E-state index contributed by atoms with van der Waals surface area (Å²) >= 11 is 1.37. The first-order chi connectivity index (χ1) is 16.7. The van der Waals surface area contributed by atoms with Crippen molar-refractivity contribution in [2.24, 2.45) is 5.92 Å². The van der Waals surface area contributed by atoms with Crippen LogP contribution in [0.1, 0.15) is 40.0 Å². The molecule has 3 aliphatic rings. The van der Waals surface area contributed by atoms with Gasteiger partial charge in [0.15, 0.2) is 22.5 Å². The molecule has 0 radical (unpaired) electrons. The van der Waals surface area contributed by atoms with Gasteiger partial charge in [-0.2, -0.15) is 0 Å². The summed E-state index contributed by atoms with van der Waals surface area (Å²) in [5, 5.41) is 3.57. The van der Waals surface area contributed by atoms with E-state index in [1.807, 2.05) is 43.5 Å². The largest absolute Gasteiger partial charge is 0.497 e. The molecule has 1 aliphatic carbocycles. The lowest BCUT2D eigenvalue weighted by Gasteiger charge is -2.24. The summed E-state index contributed by atoms with van der Waals surface area (Å²) in [7, 11) is 3.23. The van der Waals surface area contributed by atoms with Crippen LogP contribution in [-0.4, -0.2) is 51.5 Å². The van der Waals surface area contributed by atoms with Gasteiger partial charge in [0.1, 0.15) is 17.1 Å². The molecule has 1 aromatic rings. The molecule has 0 bridgehead atoms. The molecule has 4 rings (SSSR count). The standard InChI is InChI=1S/C24H32N6O4S/c1-24(2,3)34-23(31)27-16(14-6-7-14)10-11-30-13-26-20(25)19-21(30)29-22(28-19)35-18-12-15(32-4)8-9-17(18)33-5/h8-9,12-14,16H,6-7,10-11,25H2,1-5H3,(H,27,31). The van der Waals surface area contributed by atoms with Gasteiger partial charge >= 0.3 is 6.09 Å². The van der Waals surface area contributed by atoms with E-state index in [-0.39, 0.29) is 12.1 Å². The van der Waals surface area contributed by atoms with Crippen LogP contribution < -0.4 is 20.5 Å². The predicted molar refractivity (Wildman–Crippen MR) is 133 cm³/mol. The fourth-order valence-corrected chi connectivity index (χ4v) is 4.66. The Morgan fingerprint density at radius 2 is 2.03 bits per heavy atom. The number of nitrogens with zero attached hydrogens (tertiary/aromatic N) is 4. The van der Waals surface area contributed by atoms with Crippen molar-refractivity contribution < 1.29 is 19.0 Å². The highest BCUT2D eigenvalue weighted by atomic mass is 32.2. The molecule has 3 N–H and O–H groups in total. The first kappa shape index (κ1) is 24.9. The maximum Gasteiger partial charge on any atom is 0.407 e. The fraction of sp³-hybridized carbons (Fsp3) is 0.500. The zero-order chi connectivity index (χ0) is 25.2. The molecular weight excluding hydrogens is 468 g/mol. The number of aryl methyl sites for hydroxylation is 1. The minimum absolute atomic E-state index is 0.0164. The number of imidazole rings is 1. The summed E-state index contributed by atoms with van der Waals surface area (Å²) in [6.07, 6.45) is 4.19. The predicted octanol–water partition coefficient (Wildman–Crippen LogP) is 4.22. The molecule has 1 atom stereocenters. The number of nitrogens with two attached hydrogens (primary N) is 1. The van der Waals surface area contributed by atoms with Crippen molar-refractivity contribution in [2.75, 3.05) is 20.0 Å². The van der Waals surface area contributed by atoms with Crippen LogP contribution in [0, 0.1) is 5.92 Å². The van der Waals surface area contributed by atoms with E-state index in [9.17, 15) is 4.79 Å². The number of hydrogen-bond acceptors (Lipinski definition) is 9. The minimum Gasteiger partial charge on any atom is -0.497 e. The van der Waals surface area contributed by atoms with Gasteiger partial charge < -0.3 is 29.8 Å². The molecule has 0 saturated heterocycles. The Kier molecular flexibility index (Phi) is 7.25. The van der Waals surface area contributed by atoms with Crippen LogP contribution >= 0.6 is 11.8 Å². The highest BCUT2D eigenvalue weighted by Gasteiger charge is 2.33. The van der Waals surface area contributed by atoms with Crippen LogP contribution in [0.25, 0.3) is 11.5 Å². The zero-order valence-electron chi connectivity index (χ0n) is 20.7. The van der Waals surface area contributed by atoms with Gasteiger partial charge in [-0.25, -0.2) is 19.7 Å². The summed E-state index contributed by atoms with van der Waals surface area (Å²) in [6.45, 7) is 6.17. The smallest absolute Gasteiger partial charge is 0.407 e. The number of nitrogen functional groups attached to an aromatic ring is 1. The topological polar surface area (TPSA) is 126 Å². The normalized spacial score (nSPS) is 14.5. The van der Waals surface area contributed by atoms with E-state index in [1.54, 1.807) is 20.5 Å². The molecule has 2 heterocycles. The first-order valence-electron chi connectivity index (χ1n) is 11.5. The Balaban J connectivity index is 1.52. The molecule has 1 amide bonds. The van der Waals surface area contributed by atoms with Gasteiger partial charge in [0.05, 0.1) is 25.4 Å². The molecule has 1 unspecified atom stereocenters. The van der Waals surface area contributed by atoms with Crippen molar-refractivity contribution in [1.82, 2.24) is 24.8 Å². The highest BCUT2D eigenvalue weighted by molar-refractivity contribution is 7.99. The van der Waals surface area contributed by atoms with E-state index in [1.165, 1.54) is 11.8 Å². The molecule has 2 aliphatic heterocycles. The van der Waals surface area contributed by atoms with Crippen LogP contribution in [0.4, 0.5) is 10.6 Å². The van der Waals surface area contributed by atoms with Crippen molar-refractivity contribution in [1.29, 1.82) is 0 Å². The van der Waals surface area contributed by atoms with Gasteiger partial charge in [-0.1, -0.05) is 0 Å². The third-order valence-corrected chi connectivity index (χ3v) is 6.52. The molecule has 11 heteroatoms. The molecule has 1 saturated carbocycles. The summed E-state index contributed by atoms with van der Waals surface area (Å²) in [6, 6.07) is 5.57. The van der Waals surface area contributed by atoms with Crippen molar-refractivity contribution in [3.8, 4) is 23.0 Å². The maximum absolute atomic E-state index is 12.3. The van der Waals surface area contributed by atoms with Gasteiger partial charge in [0, 0.05) is 12.6 Å². The van der Waals surface area contributed by atoms with Gasteiger partial charge in [-0.15, -0.1) is 0 Å². The Bertz CT molecular complexity index is 1160. The molecule has 35 heavy (non-hydrogen) atoms. The number of nitrogens with one attached hydrogen (secondary N) is 1. The van der Waals surface area contributed by atoms with Crippen molar-refractivity contribution in [2.45, 2.75) is 68.3 Å². The Morgan fingerprint density at radius 3 is 2.69 bits per heavy atom. The highest BCUT2D eigenvalue weighted by Crippen LogP contribution is 2.39. The number of benzene rings is 1. The van der Waals surface area contributed by atoms with Crippen LogP contribution in [0.5, 0.6) is 11.5 Å². The summed E-state index contributed by atoms with van der Waals surface area (Å²) in [5.41, 5.74) is 6.12. The van der Waals surface area contributed by atoms with Gasteiger partial charge in [-0.3, -0.25) is 0 Å². The number of amides is 1. The molecule has 1 aromatic carbocycles. The Labute approximate surface area is 209 Å². The quantitative estimate of drug-likeness (QED) is 0.444. The summed E-state index contributed by atoms with van der Waals surface area (Å²) in [4.78, 5) is 26.8. The number of alkyl carbamates (subject to hydrolysis) is 1. The number of aromatic nitrogens is 4. The van der Waals surface area contributed by atoms with Crippen LogP contribution in [-0.2, 0) is 11.3 Å². The van der Waals surface area contributed by atoms with E-state index < -0.39 is 5.60 Å². The van der Waals surface area contributed by atoms with Gasteiger partial charge in [0.25, 0.3) is 0 Å². The summed E-state index contributed by atoms with van der Waals surface area (Å²) < 4.78 is 18.2. The van der Waals surface area contributed by atoms with E-state index in [0.717, 1.165) is 17.7 Å². The second-order valence-electron chi connectivity index (χ2n) is 9.50. The lowest BCUT2D eigenvalue weighted by molar-refractivity contribution is 0.0494. The average molecular weight is 501 g/mol. The molecule has 1 fully saturated rings. The number of hydrogen-bond donors (Lipinski definition) is 2. The van der Waals surface area contributed by atoms with E-state index in [4.69, 9.17) is 24.9 Å². The van der Waals surface area contributed by atoms with E-state index in [2.05, 4.69) is 15.3 Å². The number of rotatable bonds is 9. The molecule has 0 aromatic heterocycles. The molecule has 10 nitrogen and oxygen atoms in total. The van der Waals surface area contributed by atoms with Crippen molar-refractivity contribution >= 4 is 23.7 Å². The Hall–Kier alpha value is -3.21. The zero-order valence-corrected chi connectivity index (χ0v) is 21.5. The second kappa shape index (κ2) is 10.2. The number of methoxy groups -OCH3 is 2. The lowest BCUT2D eigenvalue weighted by atomic mass is 10.1. The average Bonchev–Trinajstić information content (AvgIpc) is 3.56. The molecular formula is C24H32N6O4S.